The maximum Gasteiger partial charge on any atom is 0.264 e. The summed E-state index contributed by atoms with van der Waals surface area (Å²) in [6.45, 7) is 4.96. The zero-order chi connectivity index (χ0) is 13.3. The second-order valence-corrected chi connectivity index (χ2v) is 7.40. The predicted octanol–water partition coefficient (Wildman–Crippen LogP) is 1.47. The van der Waals surface area contributed by atoms with Crippen molar-refractivity contribution >= 4 is 10.1 Å². The maximum atomic E-state index is 10.5. The van der Waals surface area contributed by atoms with Gasteiger partial charge in [0.05, 0.1) is 12.4 Å². The van der Waals surface area contributed by atoms with Gasteiger partial charge in [0.1, 0.15) is 0 Å². The fraction of sp³-hybridized carbons (Fsp3) is 1.00. The summed E-state index contributed by atoms with van der Waals surface area (Å²) in [6.07, 6.45) is 2.77. The Kier molecular flexibility index (Phi) is 4.31. The normalized spacial score (nSPS) is 39.4. The second kappa shape index (κ2) is 5.45. The number of hydrogen-bond donors (Lipinski definition) is 2. The van der Waals surface area contributed by atoms with Crippen LogP contribution in [-0.2, 0) is 15.0 Å². The van der Waals surface area contributed by atoms with Crippen molar-refractivity contribution in [3.8, 4) is 0 Å². The quantitative estimate of drug-likeness (QED) is 0.437. The van der Waals surface area contributed by atoms with Crippen molar-refractivity contribution in [3.05, 3.63) is 0 Å². The third-order valence-corrected chi connectivity index (χ3v) is 5.58. The lowest BCUT2D eigenvalue weighted by atomic mass is 9.79. The van der Waals surface area contributed by atoms with Gasteiger partial charge in [-0.05, 0) is 42.9 Å². The minimum atomic E-state index is -3.86. The Balaban J connectivity index is 1.64. The van der Waals surface area contributed by atoms with Crippen LogP contribution in [0.4, 0.5) is 0 Å². The van der Waals surface area contributed by atoms with Crippen molar-refractivity contribution in [2.75, 3.05) is 12.4 Å². The fourth-order valence-corrected chi connectivity index (χ4v) is 4.04. The second-order valence-electron chi connectivity index (χ2n) is 5.83. The molecule has 2 N–H and O–H groups in total. The molecule has 0 aliphatic heterocycles. The highest BCUT2D eigenvalue weighted by Crippen LogP contribution is 2.51. The molecule has 2 aliphatic rings. The lowest BCUT2D eigenvalue weighted by Gasteiger charge is -2.31. The zero-order valence-corrected chi connectivity index (χ0v) is 11.8. The molecule has 2 rings (SSSR count). The first-order valence-corrected chi connectivity index (χ1v) is 8.32. The van der Waals surface area contributed by atoms with Gasteiger partial charge in [0, 0.05) is 6.04 Å². The van der Waals surface area contributed by atoms with E-state index in [1.54, 1.807) is 0 Å². The van der Waals surface area contributed by atoms with Crippen LogP contribution in [0.5, 0.6) is 0 Å². The number of fused-ring (bicyclic) bond motifs is 2. The molecule has 0 saturated heterocycles. The monoisotopic (exact) mass is 277 g/mol. The minimum Gasteiger partial charge on any atom is -0.301 e. The third kappa shape index (κ3) is 3.23. The molecule has 0 amide bonds. The Labute approximate surface area is 109 Å². The molecule has 5 nitrogen and oxygen atoms in total. The number of nitrogens with one attached hydrogen (secondary N) is 1. The van der Waals surface area contributed by atoms with Crippen LogP contribution in [0.2, 0.25) is 0 Å². The number of rotatable bonds is 6. The van der Waals surface area contributed by atoms with Crippen molar-refractivity contribution in [1.29, 1.82) is 0 Å². The van der Waals surface area contributed by atoms with Crippen LogP contribution in [0.1, 0.15) is 33.1 Å². The summed E-state index contributed by atoms with van der Waals surface area (Å²) in [5, 5.41) is 0. The van der Waals surface area contributed by atoms with E-state index in [4.69, 9.17) is 9.39 Å². The first-order valence-electron chi connectivity index (χ1n) is 6.71. The molecule has 5 unspecified atom stereocenters. The largest absolute Gasteiger partial charge is 0.301 e. The summed E-state index contributed by atoms with van der Waals surface area (Å²) in [5.74, 6) is 2.81. The molecule has 0 aromatic rings. The molecule has 0 aromatic carbocycles. The van der Waals surface area contributed by atoms with Gasteiger partial charge in [-0.15, -0.1) is 0 Å². The zero-order valence-electron chi connectivity index (χ0n) is 11.0. The van der Waals surface area contributed by atoms with E-state index >= 15 is 0 Å². The lowest BCUT2D eigenvalue weighted by molar-refractivity contribution is -0.00817. The van der Waals surface area contributed by atoms with Crippen LogP contribution < -0.4 is 5.48 Å². The average Bonchev–Trinajstić information content (AvgIpc) is 2.78. The van der Waals surface area contributed by atoms with Crippen molar-refractivity contribution in [3.63, 3.8) is 0 Å². The van der Waals surface area contributed by atoms with E-state index in [9.17, 15) is 8.42 Å². The Bertz CT molecular complexity index is 382. The summed E-state index contributed by atoms with van der Waals surface area (Å²) in [7, 11) is -3.86. The third-order valence-electron chi connectivity index (χ3n) is 4.78. The Hall–Kier alpha value is -0.170. The van der Waals surface area contributed by atoms with E-state index in [0.29, 0.717) is 25.0 Å². The standard InChI is InChI=1S/C12H23NO4S/c1-8-9(2)11-6-10(8)7-12(11)13-17-4-3-5-18(14,15)16/h8-13H,3-7H2,1-2H3,(H,14,15,16). The Morgan fingerprint density at radius 3 is 2.56 bits per heavy atom. The molecule has 0 radical (unpaired) electrons. The summed E-state index contributed by atoms with van der Waals surface area (Å²) in [4.78, 5) is 5.32. The van der Waals surface area contributed by atoms with Gasteiger partial charge in [-0.25, -0.2) is 0 Å². The van der Waals surface area contributed by atoms with Gasteiger partial charge in [-0.3, -0.25) is 4.55 Å². The average molecular weight is 277 g/mol. The summed E-state index contributed by atoms with van der Waals surface area (Å²) >= 11 is 0. The van der Waals surface area contributed by atoms with Gasteiger partial charge < -0.3 is 4.84 Å². The Morgan fingerprint density at radius 2 is 2.00 bits per heavy atom. The van der Waals surface area contributed by atoms with E-state index in [2.05, 4.69) is 19.3 Å². The first-order chi connectivity index (χ1) is 8.38. The van der Waals surface area contributed by atoms with Crippen molar-refractivity contribution < 1.29 is 17.8 Å². The van der Waals surface area contributed by atoms with Gasteiger partial charge >= 0.3 is 0 Å². The van der Waals surface area contributed by atoms with Crippen LogP contribution in [0.15, 0.2) is 0 Å². The molecule has 2 saturated carbocycles. The van der Waals surface area contributed by atoms with Gasteiger partial charge in [-0.2, -0.15) is 13.9 Å². The molecular weight excluding hydrogens is 254 g/mol. The summed E-state index contributed by atoms with van der Waals surface area (Å²) in [6, 6.07) is 0.409. The van der Waals surface area contributed by atoms with E-state index in [0.717, 1.165) is 24.2 Å². The Morgan fingerprint density at radius 1 is 1.28 bits per heavy atom. The highest BCUT2D eigenvalue weighted by Gasteiger charge is 2.48. The number of hydrogen-bond acceptors (Lipinski definition) is 4. The van der Waals surface area contributed by atoms with Gasteiger partial charge in [0.15, 0.2) is 0 Å². The highest BCUT2D eigenvalue weighted by molar-refractivity contribution is 7.85. The molecule has 0 heterocycles. The van der Waals surface area contributed by atoms with Crippen molar-refractivity contribution in [2.24, 2.45) is 23.7 Å². The topological polar surface area (TPSA) is 75.6 Å². The molecule has 0 spiro atoms. The lowest BCUT2D eigenvalue weighted by Crippen LogP contribution is -2.39. The van der Waals surface area contributed by atoms with Crippen molar-refractivity contribution in [2.45, 2.75) is 39.2 Å². The molecule has 2 aliphatic carbocycles. The molecule has 2 bridgehead atoms. The summed E-state index contributed by atoms with van der Waals surface area (Å²) in [5.41, 5.74) is 3.07. The van der Waals surface area contributed by atoms with Crippen LogP contribution in [0.25, 0.3) is 0 Å². The van der Waals surface area contributed by atoms with E-state index in [-0.39, 0.29) is 5.75 Å². The molecule has 5 atom stereocenters. The van der Waals surface area contributed by atoms with E-state index in [1.807, 2.05) is 0 Å². The molecular formula is C12H23NO4S. The SMILES string of the molecule is CC1C2CC(NOCCCS(=O)(=O)O)C(C2)C1C. The van der Waals surface area contributed by atoms with Crippen molar-refractivity contribution in [1.82, 2.24) is 5.48 Å². The maximum absolute atomic E-state index is 10.5. The van der Waals surface area contributed by atoms with E-state index < -0.39 is 10.1 Å². The molecule has 0 aromatic heterocycles. The fourth-order valence-electron chi connectivity index (χ4n) is 3.56. The molecule has 106 valence electrons. The minimum absolute atomic E-state index is 0.237. The van der Waals surface area contributed by atoms with Crippen LogP contribution in [0, 0.1) is 23.7 Å². The summed E-state index contributed by atoms with van der Waals surface area (Å²) < 4.78 is 29.6. The van der Waals surface area contributed by atoms with Gasteiger partial charge in [-0.1, -0.05) is 13.8 Å². The van der Waals surface area contributed by atoms with E-state index in [1.165, 1.54) is 6.42 Å². The highest BCUT2D eigenvalue weighted by atomic mass is 32.2. The van der Waals surface area contributed by atoms with Gasteiger partial charge in [0.25, 0.3) is 10.1 Å². The van der Waals surface area contributed by atoms with Gasteiger partial charge in [0.2, 0.25) is 0 Å². The first kappa shape index (κ1) is 14.2. The number of hydroxylamine groups is 1. The molecule has 18 heavy (non-hydrogen) atoms. The molecule has 6 heteroatoms. The predicted molar refractivity (Wildman–Crippen MR) is 68.5 cm³/mol. The smallest absolute Gasteiger partial charge is 0.264 e. The van der Waals surface area contributed by atoms with Crippen LogP contribution >= 0.6 is 0 Å². The van der Waals surface area contributed by atoms with Crippen LogP contribution in [-0.4, -0.2) is 31.4 Å². The van der Waals surface area contributed by atoms with Crippen LogP contribution in [0.3, 0.4) is 0 Å². The molecule has 2 fully saturated rings.